The van der Waals surface area contributed by atoms with Crippen LogP contribution in [0.5, 0.6) is 0 Å². The van der Waals surface area contributed by atoms with E-state index < -0.39 is 5.82 Å². The number of aryl methyl sites for hydroxylation is 1. The van der Waals surface area contributed by atoms with Gasteiger partial charge < -0.3 is 5.32 Å². The zero-order valence-corrected chi connectivity index (χ0v) is 17.2. The summed E-state index contributed by atoms with van der Waals surface area (Å²) in [6.07, 6.45) is 5.97. The van der Waals surface area contributed by atoms with Gasteiger partial charge >= 0.3 is 0 Å². The van der Waals surface area contributed by atoms with Crippen LogP contribution in [0.3, 0.4) is 0 Å². The molecule has 1 saturated heterocycles. The molecule has 4 aromatic rings. The van der Waals surface area contributed by atoms with Gasteiger partial charge in [-0.05, 0) is 61.3 Å². The maximum atomic E-state index is 14.6. The number of aromatic amines is 1. The van der Waals surface area contributed by atoms with Gasteiger partial charge in [0.25, 0.3) is 5.91 Å². The number of aromatic nitrogens is 4. The topological polar surface area (TPSA) is 78.8 Å². The van der Waals surface area contributed by atoms with E-state index in [1.807, 2.05) is 24.3 Å². The summed E-state index contributed by atoms with van der Waals surface area (Å²) in [4.78, 5) is 15.3. The highest BCUT2D eigenvalue weighted by Crippen LogP contribution is 2.28. The highest BCUT2D eigenvalue weighted by atomic mass is 19.1. The van der Waals surface area contributed by atoms with Crippen LogP contribution in [0.2, 0.25) is 0 Å². The van der Waals surface area contributed by atoms with Crippen molar-refractivity contribution < 1.29 is 9.18 Å². The third-order valence-electron chi connectivity index (χ3n) is 5.69. The van der Waals surface area contributed by atoms with Gasteiger partial charge in [-0.25, -0.2) is 4.39 Å². The van der Waals surface area contributed by atoms with Crippen molar-refractivity contribution in [3.8, 4) is 11.1 Å². The first kappa shape index (κ1) is 19.4. The van der Waals surface area contributed by atoms with Gasteiger partial charge in [0.1, 0.15) is 11.3 Å². The Morgan fingerprint density at radius 2 is 1.94 bits per heavy atom. The van der Waals surface area contributed by atoms with E-state index in [0.29, 0.717) is 16.6 Å². The summed E-state index contributed by atoms with van der Waals surface area (Å²) in [5.41, 5.74) is 3.66. The standard InChI is InChI=1S/C23H23FN6O/c1-29-14-17(12-25-29)16-10-19-21(20(24)11-16)27-28-22(19)23(31)26-18-6-4-15(5-7-18)13-30-8-2-3-9-30/h4-7,10-12,14H,2-3,8-9,13H2,1H3,(H,26,31)(H,27,28). The summed E-state index contributed by atoms with van der Waals surface area (Å²) in [6, 6.07) is 11.0. The Morgan fingerprint density at radius 1 is 1.16 bits per heavy atom. The first-order valence-electron chi connectivity index (χ1n) is 10.4. The fourth-order valence-electron chi connectivity index (χ4n) is 4.07. The number of hydrogen-bond acceptors (Lipinski definition) is 4. The predicted octanol–water partition coefficient (Wildman–Crippen LogP) is 3.95. The van der Waals surface area contributed by atoms with Gasteiger partial charge in [-0.3, -0.25) is 19.5 Å². The van der Waals surface area contributed by atoms with E-state index >= 15 is 0 Å². The van der Waals surface area contributed by atoms with Gasteiger partial charge in [-0.15, -0.1) is 0 Å². The molecule has 1 aliphatic heterocycles. The number of anilines is 1. The largest absolute Gasteiger partial charge is 0.321 e. The van der Waals surface area contributed by atoms with E-state index in [0.717, 1.165) is 25.2 Å². The quantitative estimate of drug-likeness (QED) is 0.514. The molecule has 3 heterocycles. The molecule has 2 aromatic carbocycles. The van der Waals surface area contributed by atoms with Crippen LogP contribution in [0.1, 0.15) is 28.9 Å². The molecular weight excluding hydrogens is 395 g/mol. The van der Waals surface area contributed by atoms with Crippen molar-refractivity contribution >= 4 is 22.5 Å². The summed E-state index contributed by atoms with van der Waals surface area (Å²) in [7, 11) is 1.80. The van der Waals surface area contributed by atoms with Gasteiger partial charge in [0.2, 0.25) is 0 Å². The van der Waals surface area contributed by atoms with Crippen molar-refractivity contribution in [3.63, 3.8) is 0 Å². The predicted molar refractivity (Wildman–Crippen MR) is 117 cm³/mol. The van der Waals surface area contributed by atoms with Gasteiger partial charge in [0.05, 0.1) is 6.20 Å². The van der Waals surface area contributed by atoms with E-state index in [2.05, 4.69) is 25.5 Å². The second-order valence-corrected chi connectivity index (χ2v) is 7.99. The van der Waals surface area contributed by atoms with Gasteiger partial charge in [-0.1, -0.05) is 12.1 Å². The van der Waals surface area contributed by atoms with E-state index in [-0.39, 0.29) is 17.1 Å². The Balaban J connectivity index is 1.37. The number of halogens is 1. The van der Waals surface area contributed by atoms with Crippen molar-refractivity contribution in [2.75, 3.05) is 18.4 Å². The number of nitrogens with one attached hydrogen (secondary N) is 2. The van der Waals surface area contributed by atoms with Crippen LogP contribution in [-0.2, 0) is 13.6 Å². The molecular formula is C23H23FN6O. The van der Waals surface area contributed by atoms with Crippen molar-refractivity contribution in [3.05, 3.63) is 65.9 Å². The molecule has 8 heteroatoms. The molecule has 2 aromatic heterocycles. The number of H-pyrrole nitrogens is 1. The number of carbonyl (C=O) groups is 1. The zero-order chi connectivity index (χ0) is 21.4. The number of hydrogen-bond donors (Lipinski definition) is 2. The lowest BCUT2D eigenvalue weighted by atomic mass is 10.1. The summed E-state index contributed by atoms with van der Waals surface area (Å²) in [5, 5.41) is 14.1. The molecule has 1 aliphatic rings. The number of fused-ring (bicyclic) bond motifs is 1. The summed E-state index contributed by atoms with van der Waals surface area (Å²) in [5.74, 6) is -0.851. The molecule has 5 rings (SSSR count). The smallest absolute Gasteiger partial charge is 0.276 e. The maximum absolute atomic E-state index is 14.6. The van der Waals surface area contributed by atoms with Crippen molar-refractivity contribution in [2.24, 2.45) is 7.05 Å². The van der Waals surface area contributed by atoms with Crippen molar-refractivity contribution in [1.29, 1.82) is 0 Å². The summed E-state index contributed by atoms with van der Waals surface area (Å²) in [6.45, 7) is 3.21. The Hall–Kier alpha value is -3.52. The molecule has 0 saturated carbocycles. The highest BCUT2D eigenvalue weighted by Gasteiger charge is 2.19. The number of amides is 1. The molecule has 0 aliphatic carbocycles. The number of carbonyl (C=O) groups excluding carboxylic acids is 1. The van der Waals surface area contributed by atoms with Gasteiger partial charge in [-0.2, -0.15) is 10.2 Å². The lowest BCUT2D eigenvalue weighted by Gasteiger charge is -2.14. The molecule has 0 spiro atoms. The molecule has 1 amide bonds. The Kier molecular flexibility index (Phi) is 4.99. The second kappa shape index (κ2) is 7.96. The second-order valence-electron chi connectivity index (χ2n) is 7.99. The molecule has 0 bridgehead atoms. The number of nitrogens with zero attached hydrogens (tertiary/aromatic N) is 4. The number of benzene rings is 2. The van der Waals surface area contributed by atoms with Crippen LogP contribution in [0.15, 0.2) is 48.8 Å². The fourth-order valence-corrected chi connectivity index (χ4v) is 4.07. The molecule has 0 atom stereocenters. The van der Waals surface area contributed by atoms with Gasteiger partial charge in [0.15, 0.2) is 5.69 Å². The van der Waals surface area contributed by atoms with E-state index in [4.69, 9.17) is 0 Å². The minimum Gasteiger partial charge on any atom is -0.321 e. The monoisotopic (exact) mass is 418 g/mol. The van der Waals surface area contributed by atoms with Crippen molar-refractivity contribution in [2.45, 2.75) is 19.4 Å². The van der Waals surface area contributed by atoms with Crippen LogP contribution < -0.4 is 5.32 Å². The van der Waals surface area contributed by atoms with Gasteiger partial charge in [0, 0.05) is 36.4 Å². The zero-order valence-electron chi connectivity index (χ0n) is 17.2. The third-order valence-corrected chi connectivity index (χ3v) is 5.69. The van der Waals surface area contributed by atoms with E-state index in [1.54, 1.807) is 30.2 Å². The van der Waals surface area contributed by atoms with Crippen LogP contribution in [-0.4, -0.2) is 43.9 Å². The van der Waals surface area contributed by atoms with Crippen LogP contribution >= 0.6 is 0 Å². The maximum Gasteiger partial charge on any atom is 0.276 e. The lowest BCUT2D eigenvalue weighted by molar-refractivity contribution is 0.102. The Bertz CT molecular complexity index is 1240. The first-order valence-corrected chi connectivity index (χ1v) is 10.4. The molecule has 1 fully saturated rings. The molecule has 0 radical (unpaired) electrons. The van der Waals surface area contributed by atoms with Crippen LogP contribution in [0, 0.1) is 5.82 Å². The third kappa shape index (κ3) is 3.94. The minimum absolute atomic E-state index is 0.154. The fraction of sp³-hybridized carbons (Fsp3) is 0.261. The van der Waals surface area contributed by atoms with E-state index in [1.165, 1.54) is 24.5 Å². The Labute approximate surface area is 178 Å². The molecule has 0 unspecified atom stereocenters. The normalized spacial score (nSPS) is 14.4. The van der Waals surface area contributed by atoms with Crippen LogP contribution in [0.4, 0.5) is 10.1 Å². The SMILES string of the molecule is Cn1cc(-c2cc(F)c3[nH]nc(C(=O)Nc4ccc(CN5CCCC5)cc4)c3c2)cn1. The molecule has 158 valence electrons. The first-order chi connectivity index (χ1) is 15.1. The molecule has 7 nitrogen and oxygen atoms in total. The molecule has 2 N–H and O–H groups in total. The Morgan fingerprint density at radius 3 is 2.65 bits per heavy atom. The highest BCUT2D eigenvalue weighted by molar-refractivity contribution is 6.11. The van der Waals surface area contributed by atoms with Crippen LogP contribution in [0.25, 0.3) is 22.0 Å². The van der Waals surface area contributed by atoms with Crippen molar-refractivity contribution in [1.82, 2.24) is 24.9 Å². The number of rotatable bonds is 5. The summed E-state index contributed by atoms with van der Waals surface area (Å²) >= 11 is 0. The molecule has 31 heavy (non-hydrogen) atoms. The van der Waals surface area contributed by atoms with E-state index in [9.17, 15) is 9.18 Å². The average Bonchev–Trinajstić information content (AvgIpc) is 3.50. The lowest BCUT2D eigenvalue weighted by Crippen LogP contribution is -2.18. The number of likely N-dealkylation sites (tertiary alicyclic amines) is 1. The minimum atomic E-state index is -0.464. The summed E-state index contributed by atoms with van der Waals surface area (Å²) < 4.78 is 16.3. The average molecular weight is 418 g/mol.